The van der Waals surface area contributed by atoms with Gasteiger partial charge < -0.3 is 0 Å². The number of hydrogen-bond donors (Lipinski definition) is 1. The number of nitrogens with one attached hydrogen (secondary N) is 1. The van der Waals surface area contributed by atoms with Crippen LogP contribution in [0.2, 0.25) is 5.02 Å². The molecule has 1 N–H and O–H groups in total. The molecule has 4 heteroatoms. The molecule has 3 rings (SSSR count). The Morgan fingerprint density at radius 2 is 1.72 bits per heavy atom. The first kappa shape index (κ1) is 11.0. The molecule has 0 bridgehead atoms. The molecule has 0 amide bonds. The summed E-state index contributed by atoms with van der Waals surface area (Å²) in [6.45, 7) is 0. The van der Waals surface area contributed by atoms with E-state index in [1.165, 1.54) is 0 Å². The summed E-state index contributed by atoms with van der Waals surface area (Å²) in [5, 5.41) is 7.82. The summed E-state index contributed by atoms with van der Waals surface area (Å²) >= 11 is 6.21. The summed E-state index contributed by atoms with van der Waals surface area (Å²) in [6.07, 6.45) is 5.32. The van der Waals surface area contributed by atoms with Crippen molar-refractivity contribution in [2.24, 2.45) is 0 Å². The number of benzene rings is 1. The van der Waals surface area contributed by atoms with Crippen molar-refractivity contribution in [3.63, 3.8) is 0 Å². The number of halogens is 1. The molecule has 0 saturated carbocycles. The van der Waals surface area contributed by atoms with Crippen LogP contribution in [0.4, 0.5) is 0 Å². The van der Waals surface area contributed by atoms with Crippen molar-refractivity contribution >= 4 is 11.6 Å². The first-order valence-electron chi connectivity index (χ1n) is 5.55. The first-order valence-corrected chi connectivity index (χ1v) is 5.93. The van der Waals surface area contributed by atoms with Gasteiger partial charge in [0, 0.05) is 28.5 Å². The molecule has 0 atom stereocenters. The molecule has 0 aliphatic rings. The number of aromatic amines is 1. The van der Waals surface area contributed by atoms with Gasteiger partial charge in [-0.15, -0.1) is 0 Å². The third-order valence-corrected chi connectivity index (χ3v) is 3.10. The molecule has 3 nitrogen and oxygen atoms in total. The zero-order valence-corrected chi connectivity index (χ0v) is 10.2. The monoisotopic (exact) mass is 255 g/mol. The maximum absolute atomic E-state index is 6.21. The van der Waals surface area contributed by atoms with Gasteiger partial charge in [0.15, 0.2) is 0 Å². The largest absolute Gasteiger partial charge is 0.277 e. The maximum atomic E-state index is 6.21. The molecule has 0 radical (unpaired) electrons. The van der Waals surface area contributed by atoms with Crippen LogP contribution in [0.5, 0.6) is 0 Å². The third kappa shape index (κ3) is 1.89. The first-order chi connectivity index (χ1) is 8.86. The van der Waals surface area contributed by atoms with Crippen molar-refractivity contribution in [3.8, 4) is 22.4 Å². The minimum Gasteiger partial charge on any atom is -0.277 e. The van der Waals surface area contributed by atoms with Gasteiger partial charge in [0.25, 0.3) is 0 Å². The van der Waals surface area contributed by atoms with Crippen LogP contribution in [0.15, 0.2) is 55.0 Å². The van der Waals surface area contributed by atoms with Crippen molar-refractivity contribution in [2.75, 3.05) is 0 Å². The summed E-state index contributed by atoms with van der Waals surface area (Å²) in [4.78, 5) is 4.02. The molecular weight excluding hydrogens is 246 g/mol. The molecule has 3 aromatic rings. The van der Waals surface area contributed by atoms with Crippen molar-refractivity contribution in [3.05, 3.63) is 60.0 Å². The second-order valence-electron chi connectivity index (χ2n) is 3.87. The molecule has 0 saturated heterocycles. The summed E-state index contributed by atoms with van der Waals surface area (Å²) in [5.41, 5.74) is 3.95. The molecule has 2 heterocycles. The summed E-state index contributed by atoms with van der Waals surface area (Å²) in [5.74, 6) is 0. The Kier molecular flexibility index (Phi) is 2.82. The van der Waals surface area contributed by atoms with E-state index in [-0.39, 0.29) is 0 Å². The van der Waals surface area contributed by atoms with Crippen LogP contribution >= 0.6 is 11.6 Å². The lowest BCUT2D eigenvalue weighted by atomic mass is 10.0. The van der Waals surface area contributed by atoms with Crippen LogP contribution in [0, 0.1) is 0 Å². The Hall–Kier alpha value is -2.13. The average Bonchev–Trinajstić information content (AvgIpc) is 2.89. The molecule has 88 valence electrons. The fraction of sp³-hybridized carbons (Fsp3) is 0. The van der Waals surface area contributed by atoms with Crippen LogP contribution in [-0.2, 0) is 0 Å². The number of hydrogen-bond acceptors (Lipinski definition) is 2. The molecule has 0 spiro atoms. The Balaban J connectivity index is 2.16. The van der Waals surface area contributed by atoms with E-state index in [1.54, 1.807) is 18.6 Å². The Labute approximate surface area is 109 Å². The van der Waals surface area contributed by atoms with Crippen LogP contribution < -0.4 is 0 Å². The van der Waals surface area contributed by atoms with Gasteiger partial charge in [-0.1, -0.05) is 29.8 Å². The molecule has 18 heavy (non-hydrogen) atoms. The molecule has 0 aliphatic carbocycles. The smallest absolute Gasteiger partial charge is 0.0743 e. The summed E-state index contributed by atoms with van der Waals surface area (Å²) in [7, 11) is 0. The number of pyridine rings is 1. The fourth-order valence-corrected chi connectivity index (χ4v) is 2.14. The maximum Gasteiger partial charge on any atom is 0.0743 e. The molecule has 0 aliphatic heterocycles. The third-order valence-electron chi connectivity index (χ3n) is 2.77. The highest BCUT2D eigenvalue weighted by atomic mass is 35.5. The Bertz CT molecular complexity index is 662. The Morgan fingerprint density at radius 3 is 2.50 bits per heavy atom. The predicted octanol–water partition coefficient (Wildman–Crippen LogP) is 3.79. The van der Waals surface area contributed by atoms with E-state index < -0.39 is 0 Å². The molecule has 0 unspecified atom stereocenters. The zero-order valence-electron chi connectivity index (χ0n) is 9.47. The van der Waals surface area contributed by atoms with Gasteiger partial charge in [-0.25, -0.2) is 0 Å². The van der Waals surface area contributed by atoms with Gasteiger partial charge in [-0.3, -0.25) is 10.1 Å². The van der Waals surface area contributed by atoms with Crippen molar-refractivity contribution in [2.45, 2.75) is 0 Å². The lowest BCUT2D eigenvalue weighted by Crippen LogP contribution is -1.84. The molecule has 0 fully saturated rings. The molecular formula is C14H10ClN3. The minimum absolute atomic E-state index is 0.706. The molecule has 2 aromatic heterocycles. The number of nitrogens with zero attached hydrogens (tertiary/aromatic N) is 2. The second kappa shape index (κ2) is 4.63. The van der Waals surface area contributed by atoms with Gasteiger partial charge >= 0.3 is 0 Å². The predicted molar refractivity (Wildman–Crippen MR) is 72.3 cm³/mol. The van der Waals surface area contributed by atoms with E-state index in [2.05, 4.69) is 15.2 Å². The highest BCUT2D eigenvalue weighted by Gasteiger charge is 2.11. The van der Waals surface area contributed by atoms with Crippen LogP contribution in [0.1, 0.15) is 0 Å². The summed E-state index contributed by atoms with van der Waals surface area (Å²) < 4.78 is 0. The number of H-pyrrole nitrogens is 1. The van der Waals surface area contributed by atoms with E-state index in [1.807, 2.05) is 36.4 Å². The van der Waals surface area contributed by atoms with Crippen LogP contribution in [0.3, 0.4) is 0 Å². The SMILES string of the molecule is Clc1ccccc1-c1[nH]ncc1-c1ccncc1. The topological polar surface area (TPSA) is 41.6 Å². The van der Waals surface area contributed by atoms with Crippen LogP contribution in [-0.4, -0.2) is 15.2 Å². The Morgan fingerprint density at radius 1 is 0.944 bits per heavy atom. The number of rotatable bonds is 2. The van der Waals surface area contributed by atoms with Gasteiger partial charge in [-0.05, 0) is 23.8 Å². The average molecular weight is 256 g/mol. The van der Waals surface area contributed by atoms with E-state index in [0.29, 0.717) is 5.02 Å². The lowest BCUT2D eigenvalue weighted by molar-refractivity contribution is 1.10. The van der Waals surface area contributed by atoms with E-state index in [4.69, 9.17) is 11.6 Å². The van der Waals surface area contributed by atoms with Crippen molar-refractivity contribution in [1.29, 1.82) is 0 Å². The summed E-state index contributed by atoms with van der Waals surface area (Å²) in [6, 6.07) is 11.6. The quantitative estimate of drug-likeness (QED) is 0.757. The van der Waals surface area contributed by atoms with Gasteiger partial charge in [0.05, 0.1) is 11.9 Å². The van der Waals surface area contributed by atoms with Gasteiger partial charge in [0.1, 0.15) is 0 Å². The normalized spacial score (nSPS) is 10.5. The second-order valence-corrected chi connectivity index (χ2v) is 4.28. The van der Waals surface area contributed by atoms with E-state index in [9.17, 15) is 0 Å². The highest BCUT2D eigenvalue weighted by molar-refractivity contribution is 6.33. The van der Waals surface area contributed by atoms with E-state index in [0.717, 1.165) is 22.4 Å². The standard InChI is InChI=1S/C14H10ClN3/c15-13-4-2-1-3-11(13)14-12(9-17-18-14)10-5-7-16-8-6-10/h1-9H,(H,17,18). The molecule has 1 aromatic carbocycles. The lowest BCUT2D eigenvalue weighted by Gasteiger charge is -2.05. The van der Waals surface area contributed by atoms with Crippen LogP contribution in [0.25, 0.3) is 22.4 Å². The van der Waals surface area contributed by atoms with Gasteiger partial charge in [0.2, 0.25) is 0 Å². The minimum atomic E-state index is 0.706. The van der Waals surface area contributed by atoms with Crippen molar-refractivity contribution in [1.82, 2.24) is 15.2 Å². The number of aromatic nitrogens is 3. The van der Waals surface area contributed by atoms with E-state index >= 15 is 0 Å². The highest BCUT2D eigenvalue weighted by Crippen LogP contribution is 2.33. The van der Waals surface area contributed by atoms with Crippen molar-refractivity contribution < 1.29 is 0 Å². The fourth-order valence-electron chi connectivity index (χ4n) is 1.91. The van der Waals surface area contributed by atoms with Gasteiger partial charge in [-0.2, -0.15) is 5.10 Å². The zero-order chi connectivity index (χ0) is 12.4.